The molecule has 0 aliphatic rings. The van der Waals surface area contributed by atoms with Crippen LogP contribution in [0, 0.1) is 12.7 Å². The summed E-state index contributed by atoms with van der Waals surface area (Å²) in [7, 11) is 0. The van der Waals surface area contributed by atoms with Gasteiger partial charge in [-0.1, -0.05) is 33.6 Å². The van der Waals surface area contributed by atoms with Crippen LogP contribution in [0.2, 0.25) is 5.02 Å². The minimum absolute atomic E-state index is 0.336. The minimum Gasteiger partial charge on any atom is -0.322 e. The lowest BCUT2D eigenvalue weighted by Crippen LogP contribution is -2.13. The second kappa shape index (κ2) is 5.72. The first-order valence-electron chi connectivity index (χ1n) is 5.49. The van der Waals surface area contributed by atoms with Crippen LogP contribution in [0.5, 0.6) is 0 Å². The van der Waals surface area contributed by atoms with E-state index in [-0.39, 0.29) is 5.91 Å². The van der Waals surface area contributed by atoms with Gasteiger partial charge in [-0.2, -0.15) is 0 Å². The van der Waals surface area contributed by atoms with E-state index >= 15 is 0 Å². The Kier molecular flexibility index (Phi) is 4.22. The molecule has 0 spiro atoms. The Bertz CT molecular complexity index is 625. The van der Waals surface area contributed by atoms with Crippen molar-refractivity contribution >= 4 is 39.1 Å². The first-order valence-corrected chi connectivity index (χ1v) is 6.66. The summed E-state index contributed by atoms with van der Waals surface area (Å²) in [5.74, 6) is -0.731. The zero-order valence-corrected chi connectivity index (χ0v) is 12.3. The van der Waals surface area contributed by atoms with Crippen LogP contribution in [0.15, 0.2) is 40.9 Å². The number of carbonyl (C=O) groups is 1. The fraction of sp³-hybridized carbons (Fsp3) is 0.0714. The van der Waals surface area contributed by atoms with Gasteiger partial charge in [-0.3, -0.25) is 4.79 Å². The highest BCUT2D eigenvalue weighted by atomic mass is 79.9. The average molecular weight is 343 g/mol. The van der Waals surface area contributed by atoms with E-state index in [1.165, 1.54) is 12.1 Å². The summed E-state index contributed by atoms with van der Waals surface area (Å²) in [6.07, 6.45) is 0. The van der Waals surface area contributed by atoms with Crippen LogP contribution in [0.25, 0.3) is 0 Å². The van der Waals surface area contributed by atoms with Crippen molar-refractivity contribution in [2.24, 2.45) is 0 Å². The molecule has 0 fully saturated rings. The van der Waals surface area contributed by atoms with Gasteiger partial charge >= 0.3 is 0 Å². The van der Waals surface area contributed by atoms with Gasteiger partial charge in [-0.25, -0.2) is 4.39 Å². The molecular weight excluding hydrogens is 333 g/mol. The van der Waals surface area contributed by atoms with Gasteiger partial charge in [0, 0.05) is 20.7 Å². The van der Waals surface area contributed by atoms with Crippen LogP contribution in [0.4, 0.5) is 10.1 Å². The molecule has 2 rings (SSSR count). The van der Waals surface area contributed by atoms with Crippen molar-refractivity contribution in [2.75, 3.05) is 5.32 Å². The molecule has 0 saturated heterocycles. The van der Waals surface area contributed by atoms with Crippen molar-refractivity contribution in [1.29, 1.82) is 0 Å². The van der Waals surface area contributed by atoms with E-state index < -0.39 is 5.82 Å². The molecular formula is C14H10BrClFNO. The second-order valence-corrected chi connectivity index (χ2v) is 5.42. The second-order valence-electron chi connectivity index (χ2n) is 4.07. The Hall–Kier alpha value is -1.39. The SMILES string of the molecule is Cc1ccc(F)cc1NC(=O)c1cc(Cl)cc(Br)c1. The predicted molar refractivity (Wildman–Crippen MR) is 78.2 cm³/mol. The summed E-state index contributed by atoms with van der Waals surface area (Å²) in [6.45, 7) is 1.79. The maximum absolute atomic E-state index is 13.1. The van der Waals surface area contributed by atoms with Crippen molar-refractivity contribution in [3.63, 3.8) is 0 Å². The molecule has 0 aliphatic carbocycles. The van der Waals surface area contributed by atoms with Crippen molar-refractivity contribution in [3.05, 3.63) is 62.8 Å². The number of carbonyl (C=O) groups excluding carboxylic acids is 1. The summed E-state index contributed by atoms with van der Waals surface area (Å²) < 4.78 is 13.9. The molecule has 0 unspecified atom stereocenters. The number of hydrogen-bond acceptors (Lipinski definition) is 1. The van der Waals surface area contributed by atoms with Crippen LogP contribution in [0.1, 0.15) is 15.9 Å². The summed E-state index contributed by atoms with van der Waals surface area (Å²) in [6, 6.07) is 9.13. The Morgan fingerprint density at radius 2 is 2.00 bits per heavy atom. The van der Waals surface area contributed by atoms with Crippen LogP contribution in [-0.2, 0) is 0 Å². The lowest BCUT2D eigenvalue weighted by atomic mass is 10.1. The predicted octanol–water partition coefficient (Wildman–Crippen LogP) is 4.80. The summed E-state index contributed by atoms with van der Waals surface area (Å²) >= 11 is 9.15. The number of halogens is 3. The van der Waals surface area contributed by atoms with Crippen molar-refractivity contribution in [2.45, 2.75) is 6.92 Å². The summed E-state index contributed by atoms with van der Waals surface area (Å²) in [4.78, 5) is 12.1. The average Bonchev–Trinajstić information content (AvgIpc) is 2.32. The third-order valence-electron chi connectivity index (χ3n) is 2.57. The Morgan fingerprint density at radius 3 is 2.68 bits per heavy atom. The van der Waals surface area contributed by atoms with E-state index in [1.807, 2.05) is 0 Å². The molecule has 0 aliphatic heterocycles. The summed E-state index contributed by atoms with van der Waals surface area (Å²) in [5.41, 5.74) is 1.64. The fourth-order valence-electron chi connectivity index (χ4n) is 1.61. The van der Waals surface area contributed by atoms with Crippen LogP contribution in [-0.4, -0.2) is 5.91 Å². The van der Waals surface area contributed by atoms with Gasteiger partial charge < -0.3 is 5.32 Å². The van der Waals surface area contributed by atoms with Crippen LogP contribution < -0.4 is 5.32 Å². The maximum atomic E-state index is 13.1. The van der Waals surface area contributed by atoms with Gasteiger partial charge in [0.2, 0.25) is 0 Å². The first kappa shape index (κ1) is 14.0. The highest BCUT2D eigenvalue weighted by molar-refractivity contribution is 9.10. The topological polar surface area (TPSA) is 29.1 Å². The first-order chi connectivity index (χ1) is 8.95. The van der Waals surface area contributed by atoms with Crippen molar-refractivity contribution < 1.29 is 9.18 Å². The molecule has 19 heavy (non-hydrogen) atoms. The van der Waals surface area contributed by atoms with Gasteiger partial charge in [0.05, 0.1) is 0 Å². The number of benzene rings is 2. The van der Waals surface area contributed by atoms with Gasteiger partial charge in [-0.15, -0.1) is 0 Å². The van der Waals surface area contributed by atoms with E-state index in [0.717, 1.165) is 5.56 Å². The van der Waals surface area contributed by atoms with Gasteiger partial charge in [-0.05, 0) is 42.8 Å². The molecule has 1 N–H and O–H groups in total. The van der Waals surface area contributed by atoms with E-state index in [2.05, 4.69) is 21.2 Å². The Labute approximate surface area is 123 Å². The van der Waals surface area contributed by atoms with E-state index in [4.69, 9.17) is 11.6 Å². The fourth-order valence-corrected chi connectivity index (χ4v) is 2.47. The van der Waals surface area contributed by atoms with Crippen molar-refractivity contribution in [3.8, 4) is 0 Å². The van der Waals surface area contributed by atoms with Gasteiger partial charge in [0.25, 0.3) is 5.91 Å². The zero-order chi connectivity index (χ0) is 14.0. The monoisotopic (exact) mass is 341 g/mol. The molecule has 0 radical (unpaired) electrons. The number of rotatable bonds is 2. The highest BCUT2D eigenvalue weighted by Gasteiger charge is 2.10. The number of hydrogen-bond donors (Lipinski definition) is 1. The van der Waals surface area contributed by atoms with Crippen LogP contribution >= 0.6 is 27.5 Å². The third-order valence-corrected chi connectivity index (χ3v) is 3.25. The van der Waals surface area contributed by atoms with E-state index in [0.29, 0.717) is 20.7 Å². The van der Waals surface area contributed by atoms with Crippen molar-refractivity contribution in [1.82, 2.24) is 0 Å². The summed E-state index contributed by atoms with van der Waals surface area (Å²) in [5, 5.41) is 3.12. The minimum atomic E-state index is -0.395. The standard InChI is InChI=1S/C14H10BrClFNO/c1-8-2-3-12(17)7-13(8)18-14(19)9-4-10(15)6-11(16)5-9/h2-7H,1H3,(H,18,19). The molecule has 0 bridgehead atoms. The molecule has 98 valence electrons. The molecule has 0 heterocycles. The molecule has 2 nitrogen and oxygen atoms in total. The number of nitrogens with one attached hydrogen (secondary N) is 1. The molecule has 0 aromatic heterocycles. The zero-order valence-electron chi connectivity index (χ0n) is 10.0. The molecule has 1 amide bonds. The Morgan fingerprint density at radius 1 is 1.26 bits per heavy atom. The van der Waals surface area contributed by atoms with E-state index in [1.54, 1.807) is 31.2 Å². The molecule has 0 atom stereocenters. The number of aryl methyl sites for hydroxylation is 1. The van der Waals surface area contributed by atoms with Crippen LogP contribution in [0.3, 0.4) is 0 Å². The molecule has 2 aromatic carbocycles. The molecule has 2 aromatic rings. The maximum Gasteiger partial charge on any atom is 0.255 e. The number of amides is 1. The number of anilines is 1. The largest absolute Gasteiger partial charge is 0.322 e. The quantitative estimate of drug-likeness (QED) is 0.834. The third kappa shape index (κ3) is 3.55. The van der Waals surface area contributed by atoms with Gasteiger partial charge in [0.15, 0.2) is 0 Å². The van der Waals surface area contributed by atoms with Gasteiger partial charge in [0.1, 0.15) is 5.82 Å². The molecule has 5 heteroatoms. The normalized spacial score (nSPS) is 10.3. The highest BCUT2D eigenvalue weighted by Crippen LogP contribution is 2.22. The Balaban J connectivity index is 2.28. The smallest absolute Gasteiger partial charge is 0.255 e. The van der Waals surface area contributed by atoms with E-state index in [9.17, 15) is 9.18 Å². The lowest BCUT2D eigenvalue weighted by molar-refractivity contribution is 0.102. The lowest BCUT2D eigenvalue weighted by Gasteiger charge is -2.09. The molecule has 0 saturated carbocycles.